The number of carbonyl (C=O) groups excluding carboxylic acids is 1. The standard InChI is InChI=1S/C17H26N2OS/c1-3-12-19(13-14-8-6-7-11-18-14)17(20)15-9-4-5-10-16(15)21-2/h4-5,9-10,14,18H,3,6-8,11-13H2,1-2H3. The fourth-order valence-electron chi connectivity index (χ4n) is 2.88. The maximum absolute atomic E-state index is 12.9. The summed E-state index contributed by atoms with van der Waals surface area (Å²) in [7, 11) is 0. The first-order chi connectivity index (χ1) is 10.3. The van der Waals surface area contributed by atoms with Crippen LogP contribution in [0.15, 0.2) is 29.2 Å². The lowest BCUT2D eigenvalue weighted by Gasteiger charge is -2.31. The van der Waals surface area contributed by atoms with Crippen LogP contribution in [0, 0.1) is 0 Å². The van der Waals surface area contributed by atoms with Crippen molar-refractivity contribution in [2.45, 2.75) is 43.5 Å². The molecular formula is C17H26N2OS. The Labute approximate surface area is 132 Å². The van der Waals surface area contributed by atoms with Crippen molar-refractivity contribution in [3.05, 3.63) is 29.8 Å². The normalized spacial score (nSPS) is 18.5. The summed E-state index contributed by atoms with van der Waals surface area (Å²) < 4.78 is 0. The highest BCUT2D eigenvalue weighted by atomic mass is 32.2. The number of hydrogen-bond acceptors (Lipinski definition) is 3. The van der Waals surface area contributed by atoms with Crippen LogP contribution in [0.4, 0.5) is 0 Å². The molecule has 1 amide bonds. The molecule has 0 aliphatic carbocycles. The monoisotopic (exact) mass is 306 g/mol. The van der Waals surface area contributed by atoms with Crippen molar-refractivity contribution >= 4 is 17.7 Å². The first kappa shape index (κ1) is 16.4. The summed E-state index contributed by atoms with van der Waals surface area (Å²) in [4.78, 5) is 16.0. The van der Waals surface area contributed by atoms with E-state index in [1.54, 1.807) is 11.8 Å². The number of piperidine rings is 1. The van der Waals surface area contributed by atoms with E-state index >= 15 is 0 Å². The zero-order valence-electron chi connectivity index (χ0n) is 13.1. The molecular weight excluding hydrogens is 280 g/mol. The van der Waals surface area contributed by atoms with Gasteiger partial charge in [0, 0.05) is 24.0 Å². The number of rotatable bonds is 6. The summed E-state index contributed by atoms with van der Waals surface area (Å²) >= 11 is 1.64. The van der Waals surface area contributed by atoms with Gasteiger partial charge >= 0.3 is 0 Å². The molecule has 4 heteroatoms. The van der Waals surface area contributed by atoms with Gasteiger partial charge in [-0.15, -0.1) is 11.8 Å². The molecule has 1 N–H and O–H groups in total. The van der Waals surface area contributed by atoms with Gasteiger partial charge < -0.3 is 10.2 Å². The predicted octanol–water partition coefficient (Wildman–Crippen LogP) is 3.40. The molecule has 2 rings (SSSR count). The Morgan fingerprint density at radius 2 is 2.19 bits per heavy atom. The summed E-state index contributed by atoms with van der Waals surface area (Å²) in [5, 5.41) is 3.54. The molecule has 0 radical (unpaired) electrons. The Hall–Kier alpha value is -1.00. The van der Waals surface area contributed by atoms with Crippen LogP contribution in [0.5, 0.6) is 0 Å². The number of nitrogens with one attached hydrogen (secondary N) is 1. The minimum atomic E-state index is 0.175. The van der Waals surface area contributed by atoms with E-state index < -0.39 is 0 Å². The second kappa shape index (κ2) is 8.44. The van der Waals surface area contributed by atoms with E-state index in [0.717, 1.165) is 36.5 Å². The predicted molar refractivity (Wildman–Crippen MR) is 90.1 cm³/mol. The molecule has 21 heavy (non-hydrogen) atoms. The van der Waals surface area contributed by atoms with Gasteiger partial charge in [-0.1, -0.05) is 25.5 Å². The van der Waals surface area contributed by atoms with E-state index in [1.165, 1.54) is 19.3 Å². The van der Waals surface area contributed by atoms with Gasteiger partial charge in [-0.2, -0.15) is 0 Å². The SMILES string of the molecule is CCCN(CC1CCCCN1)C(=O)c1ccccc1SC. The Morgan fingerprint density at radius 1 is 1.38 bits per heavy atom. The first-order valence-corrected chi connectivity index (χ1v) is 9.14. The van der Waals surface area contributed by atoms with E-state index in [-0.39, 0.29) is 5.91 Å². The highest BCUT2D eigenvalue weighted by Gasteiger charge is 2.22. The van der Waals surface area contributed by atoms with Crippen LogP contribution in [0.1, 0.15) is 43.0 Å². The number of benzene rings is 1. The van der Waals surface area contributed by atoms with E-state index in [0.29, 0.717) is 6.04 Å². The fourth-order valence-corrected chi connectivity index (χ4v) is 3.47. The van der Waals surface area contributed by atoms with Crippen LogP contribution in [0.25, 0.3) is 0 Å². The zero-order valence-corrected chi connectivity index (χ0v) is 13.9. The van der Waals surface area contributed by atoms with Crippen molar-refractivity contribution in [1.82, 2.24) is 10.2 Å². The molecule has 116 valence electrons. The maximum atomic E-state index is 12.9. The Bertz CT molecular complexity index is 458. The van der Waals surface area contributed by atoms with Crippen molar-refractivity contribution in [1.29, 1.82) is 0 Å². The summed E-state index contributed by atoms with van der Waals surface area (Å²) in [6.45, 7) is 4.88. The molecule has 1 saturated heterocycles. The van der Waals surface area contributed by atoms with Crippen molar-refractivity contribution in [3.63, 3.8) is 0 Å². The highest BCUT2D eigenvalue weighted by molar-refractivity contribution is 7.98. The molecule has 1 atom stereocenters. The molecule has 1 aliphatic heterocycles. The van der Waals surface area contributed by atoms with E-state index in [2.05, 4.69) is 12.2 Å². The Balaban J connectivity index is 2.10. The minimum absolute atomic E-state index is 0.175. The summed E-state index contributed by atoms with van der Waals surface area (Å²) in [5.74, 6) is 0.175. The molecule has 1 heterocycles. The van der Waals surface area contributed by atoms with Gasteiger partial charge in [-0.3, -0.25) is 4.79 Å². The van der Waals surface area contributed by atoms with Crippen molar-refractivity contribution in [3.8, 4) is 0 Å². The third kappa shape index (κ3) is 4.48. The van der Waals surface area contributed by atoms with Gasteiger partial charge in [0.1, 0.15) is 0 Å². The Morgan fingerprint density at radius 3 is 2.86 bits per heavy atom. The van der Waals surface area contributed by atoms with E-state index in [4.69, 9.17) is 0 Å². The Kier molecular flexibility index (Phi) is 6.58. The highest BCUT2D eigenvalue weighted by Crippen LogP contribution is 2.22. The van der Waals surface area contributed by atoms with Gasteiger partial charge in [0.2, 0.25) is 0 Å². The lowest BCUT2D eigenvalue weighted by atomic mass is 10.0. The molecule has 3 nitrogen and oxygen atoms in total. The molecule has 0 saturated carbocycles. The van der Waals surface area contributed by atoms with Gasteiger partial charge in [-0.05, 0) is 44.2 Å². The van der Waals surface area contributed by atoms with Crippen molar-refractivity contribution < 1.29 is 4.79 Å². The van der Waals surface area contributed by atoms with E-state index in [1.807, 2.05) is 35.4 Å². The second-order valence-electron chi connectivity index (χ2n) is 5.60. The van der Waals surface area contributed by atoms with Crippen LogP contribution < -0.4 is 5.32 Å². The molecule has 1 aromatic carbocycles. The average molecular weight is 306 g/mol. The van der Waals surface area contributed by atoms with Crippen LogP contribution in [0.2, 0.25) is 0 Å². The summed E-state index contributed by atoms with van der Waals surface area (Å²) in [6.07, 6.45) is 6.73. The molecule has 0 aromatic heterocycles. The van der Waals surface area contributed by atoms with Crippen LogP contribution in [-0.2, 0) is 0 Å². The summed E-state index contributed by atoms with van der Waals surface area (Å²) in [6, 6.07) is 8.38. The van der Waals surface area contributed by atoms with Crippen molar-refractivity contribution in [2.24, 2.45) is 0 Å². The van der Waals surface area contributed by atoms with Crippen LogP contribution in [0.3, 0.4) is 0 Å². The average Bonchev–Trinajstić information content (AvgIpc) is 2.54. The molecule has 1 aliphatic rings. The maximum Gasteiger partial charge on any atom is 0.255 e. The summed E-state index contributed by atoms with van der Waals surface area (Å²) in [5.41, 5.74) is 0.842. The number of carbonyl (C=O) groups is 1. The quantitative estimate of drug-likeness (QED) is 0.818. The van der Waals surface area contributed by atoms with Crippen molar-refractivity contribution in [2.75, 3.05) is 25.9 Å². The van der Waals surface area contributed by atoms with Crippen LogP contribution >= 0.6 is 11.8 Å². The smallest absolute Gasteiger partial charge is 0.255 e. The first-order valence-electron chi connectivity index (χ1n) is 7.92. The molecule has 1 aromatic rings. The van der Waals surface area contributed by atoms with Gasteiger partial charge in [0.05, 0.1) is 5.56 Å². The third-order valence-electron chi connectivity index (χ3n) is 3.97. The minimum Gasteiger partial charge on any atom is -0.337 e. The lowest BCUT2D eigenvalue weighted by Crippen LogP contribution is -2.46. The lowest BCUT2D eigenvalue weighted by molar-refractivity contribution is 0.0728. The molecule has 0 spiro atoms. The van der Waals surface area contributed by atoms with Crippen LogP contribution in [-0.4, -0.2) is 42.7 Å². The van der Waals surface area contributed by atoms with Gasteiger partial charge in [0.15, 0.2) is 0 Å². The number of nitrogens with zero attached hydrogens (tertiary/aromatic N) is 1. The largest absolute Gasteiger partial charge is 0.337 e. The number of hydrogen-bond donors (Lipinski definition) is 1. The molecule has 0 bridgehead atoms. The third-order valence-corrected chi connectivity index (χ3v) is 4.77. The second-order valence-corrected chi connectivity index (χ2v) is 6.45. The zero-order chi connectivity index (χ0) is 15.1. The topological polar surface area (TPSA) is 32.3 Å². The number of amides is 1. The van der Waals surface area contributed by atoms with E-state index in [9.17, 15) is 4.79 Å². The number of thioether (sulfide) groups is 1. The van der Waals surface area contributed by atoms with Gasteiger partial charge in [0.25, 0.3) is 5.91 Å². The fraction of sp³-hybridized carbons (Fsp3) is 0.588. The molecule has 1 unspecified atom stereocenters. The van der Waals surface area contributed by atoms with Gasteiger partial charge in [-0.25, -0.2) is 0 Å². The molecule has 1 fully saturated rings.